The van der Waals surface area contributed by atoms with Crippen LogP contribution in [0.3, 0.4) is 0 Å². The van der Waals surface area contributed by atoms with Crippen LogP contribution in [0.25, 0.3) is 0 Å². The van der Waals surface area contributed by atoms with E-state index in [2.05, 4.69) is 5.32 Å². The van der Waals surface area contributed by atoms with Gasteiger partial charge in [-0.3, -0.25) is 5.32 Å². The molecule has 0 saturated heterocycles. The predicted molar refractivity (Wildman–Crippen MR) is 62.3 cm³/mol. The second-order valence-corrected chi connectivity index (χ2v) is 3.53. The molecule has 0 aliphatic heterocycles. The molecule has 1 atom stereocenters. The molecule has 0 fully saturated rings. The number of aliphatic hydroxyl groups excluding tert-OH is 1. The fraction of sp³-hybridized carbons (Fsp3) is 0.417. The van der Waals surface area contributed by atoms with Crippen molar-refractivity contribution in [2.24, 2.45) is 0 Å². The SMILES string of the molecule is CCCC(O)COC(=O)Nc1ccccc1. The van der Waals surface area contributed by atoms with Crippen LogP contribution in [0.5, 0.6) is 0 Å². The summed E-state index contributed by atoms with van der Waals surface area (Å²) < 4.78 is 4.86. The Morgan fingerprint density at radius 1 is 1.44 bits per heavy atom. The van der Waals surface area contributed by atoms with Crippen LogP contribution < -0.4 is 5.32 Å². The molecule has 16 heavy (non-hydrogen) atoms. The third-order valence-electron chi connectivity index (χ3n) is 2.05. The minimum Gasteiger partial charge on any atom is -0.447 e. The number of hydrogen-bond acceptors (Lipinski definition) is 3. The second kappa shape index (κ2) is 6.85. The van der Waals surface area contributed by atoms with Crippen molar-refractivity contribution in [1.82, 2.24) is 0 Å². The Labute approximate surface area is 95.2 Å². The molecular formula is C12H17NO3. The fourth-order valence-electron chi connectivity index (χ4n) is 1.26. The number of aliphatic hydroxyl groups is 1. The number of rotatable bonds is 5. The van der Waals surface area contributed by atoms with Crippen LogP contribution in [-0.2, 0) is 4.74 Å². The summed E-state index contributed by atoms with van der Waals surface area (Å²) in [6.45, 7) is 2.00. The van der Waals surface area contributed by atoms with E-state index in [1.165, 1.54) is 0 Å². The molecule has 2 N–H and O–H groups in total. The van der Waals surface area contributed by atoms with Crippen LogP contribution in [0.1, 0.15) is 19.8 Å². The molecule has 4 nitrogen and oxygen atoms in total. The number of benzene rings is 1. The van der Waals surface area contributed by atoms with Crippen LogP contribution in [0.4, 0.5) is 10.5 Å². The fourth-order valence-corrected chi connectivity index (χ4v) is 1.26. The summed E-state index contributed by atoms with van der Waals surface area (Å²) >= 11 is 0. The van der Waals surface area contributed by atoms with Crippen LogP contribution in [-0.4, -0.2) is 23.9 Å². The van der Waals surface area contributed by atoms with Gasteiger partial charge in [0.15, 0.2) is 0 Å². The zero-order valence-electron chi connectivity index (χ0n) is 9.35. The summed E-state index contributed by atoms with van der Waals surface area (Å²) in [4.78, 5) is 11.3. The third kappa shape index (κ3) is 4.79. The number of para-hydroxylation sites is 1. The number of nitrogens with one attached hydrogen (secondary N) is 1. The maximum Gasteiger partial charge on any atom is 0.411 e. The van der Waals surface area contributed by atoms with E-state index in [0.29, 0.717) is 12.1 Å². The van der Waals surface area contributed by atoms with Crippen LogP contribution in [0.15, 0.2) is 30.3 Å². The van der Waals surface area contributed by atoms with Gasteiger partial charge in [0, 0.05) is 5.69 Å². The van der Waals surface area contributed by atoms with E-state index in [9.17, 15) is 9.90 Å². The van der Waals surface area contributed by atoms with Crippen molar-refractivity contribution < 1.29 is 14.6 Å². The van der Waals surface area contributed by atoms with Gasteiger partial charge in [-0.1, -0.05) is 31.5 Å². The minimum absolute atomic E-state index is 0.0342. The van der Waals surface area contributed by atoms with Gasteiger partial charge in [0.2, 0.25) is 0 Å². The summed E-state index contributed by atoms with van der Waals surface area (Å²) in [5, 5.41) is 11.9. The van der Waals surface area contributed by atoms with Gasteiger partial charge in [0.25, 0.3) is 0 Å². The van der Waals surface area contributed by atoms with Crippen LogP contribution >= 0.6 is 0 Å². The summed E-state index contributed by atoms with van der Waals surface area (Å²) in [5.74, 6) is 0. The molecule has 4 heteroatoms. The first-order valence-corrected chi connectivity index (χ1v) is 5.39. The predicted octanol–water partition coefficient (Wildman–Crippen LogP) is 2.40. The molecule has 1 unspecified atom stereocenters. The average Bonchev–Trinajstić information content (AvgIpc) is 2.28. The standard InChI is InChI=1S/C12H17NO3/c1-2-6-11(14)9-16-12(15)13-10-7-4-3-5-8-10/h3-5,7-8,11,14H,2,6,9H2,1H3,(H,13,15). The molecule has 0 aliphatic rings. The molecule has 0 spiro atoms. The van der Waals surface area contributed by atoms with Crippen LogP contribution in [0.2, 0.25) is 0 Å². The van der Waals surface area contributed by atoms with Gasteiger partial charge in [0.05, 0.1) is 6.10 Å². The molecule has 1 aromatic rings. The average molecular weight is 223 g/mol. The van der Waals surface area contributed by atoms with E-state index in [1.54, 1.807) is 12.1 Å². The normalized spacial score (nSPS) is 11.9. The Bertz CT molecular complexity index is 313. The molecule has 1 amide bonds. The molecule has 0 bridgehead atoms. The summed E-state index contributed by atoms with van der Waals surface area (Å²) in [6, 6.07) is 9.04. The third-order valence-corrected chi connectivity index (χ3v) is 2.05. The molecule has 88 valence electrons. The topological polar surface area (TPSA) is 58.6 Å². The first-order chi connectivity index (χ1) is 7.72. The van der Waals surface area contributed by atoms with Gasteiger partial charge in [-0.25, -0.2) is 4.79 Å². The molecule has 0 aromatic heterocycles. The number of amides is 1. The Morgan fingerprint density at radius 2 is 2.12 bits per heavy atom. The zero-order chi connectivity index (χ0) is 11.8. The van der Waals surface area contributed by atoms with Gasteiger partial charge in [-0.2, -0.15) is 0 Å². The van der Waals surface area contributed by atoms with E-state index in [0.717, 1.165) is 6.42 Å². The monoisotopic (exact) mass is 223 g/mol. The molecule has 0 radical (unpaired) electrons. The van der Waals surface area contributed by atoms with Crippen molar-refractivity contribution in [3.05, 3.63) is 30.3 Å². The highest BCUT2D eigenvalue weighted by atomic mass is 16.6. The number of ether oxygens (including phenoxy) is 1. The second-order valence-electron chi connectivity index (χ2n) is 3.53. The van der Waals surface area contributed by atoms with Crippen LogP contribution in [0, 0.1) is 0 Å². The zero-order valence-corrected chi connectivity index (χ0v) is 9.35. The number of hydrogen-bond donors (Lipinski definition) is 2. The minimum atomic E-state index is -0.577. The summed E-state index contributed by atoms with van der Waals surface area (Å²) in [5.41, 5.74) is 0.678. The lowest BCUT2D eigenvalue weighted by Gasteiger charge is -2.10. The van der Waals surface area contributed by atoms with E-state index in [-0.39, 0.29) is 6.61 Å². The van der Waals surface area contributed by atoms with Gasteiger partial charge >= 0.3 is 6.09 Å². The molecule has 0 heterocycles. The highest BCUT2D eigenvalue weighted by Crippen LogP contribution is 2.05. The first kappa shape index (κ1) is 12.5. The van der Waals surface area contributed by atoms with Crippen molar-refractivity contribution in [2.75, 3.05) is 11.9 Å². The molecule has 0 saturated carbocycles. The highest BCUT2D eigenvalue weighted by Gasteiger charge is 2.07. The Balaban J connectivity index is 2.26. The molecule has 0 aliphatic carbocycles. The van der Waals surface area contributed by atoms with E-state index in [1.807, 2.05) is 25.1 Å². The van der Waals surface area contributed by atoms with Crippen molar-refractivity contribution >= 4 is 11.8 Å². The van der Waals surface area contributed by atoms with Gasteiger partial charge in [-0.05, 0) is 18.6 Å². The van der Waals surface area contributed by atoms with Crippen molar-refractivity contribution in [1.29, 1.82) is 0 Å². The number of carbonyl (C=O) groups excluding carboxylic acids is 1. The smallest absolute Gasteiger partial charge is 0.411 e. The largest absolute Gasteiger partial charge is 0.447 e. The van der Waals surface area contributed by atoms with E-state index >= 15 is 0 Å². The van der Waals surface area contributed by atoms with Crippen molar-refractivity contribution in [2.45, 2.75) is 25.9 Å². The lowest BCUT2D eigenvalue weighted by molar-refractivity contribution is 0.0697. The first-order valence-electron chi connectivity index (χ1n) is 5.39. The van der Waals surface area contributed by atoms with Gasteiger partial charge < -0.3 is 9.84 Å². The Morgan fingerprint density at radius 3 is 2.75 bits per heavy atom. The van der Waals surface area contributed by atoms with E-state index < -0.39 is 12.2 Å². The molecular weight excluding hydrogens is 206 g/mol. The number of carbonyl (C=O) groups is 1. The van der Waals surface area contributed by atoms with Crippen molar-refractivity contribution in [3.8, 4) is 0 Å². The van der Waals surface area contributed by atoms with E-state index in [4.69, 9.17) is 4.74 Å². The Kier molecular flexibility index (Phi) is 5.36. The quantitative estimate of drug-likeness (QED) is 0.805. The number of anilines is 1. The van der Waals surface area contributed by atoms with Gasteiger partial charge in [0.1, 0.15) is 6.61 Å². The maximum absolute atomic E-state index is 11.3. The Hall–Kier alpha value is -1.55. The summed E-state index contributed by atoms with van der Waals surface area (Å²) in [6.07, 6.45) is 0.386. The lowest BCUT2D eigenvalue weighted by Crippen LogP contribution is -2.21. The maximum atomic E-state index is 11.3. The van der Waals surface area contributed by atoms with Crippen molar-refractivity contribution in [3.63, 3.8) is 0 Å². The molecule has 1 aromatic carbocycles. The lowest BCUT2D eigenvalue weighted by atomic mass is 10.2. The molecule has 1 rings (SSSR count). The van der Waals surface area contributed by atoms with Gasteiger partial charge in [-0.15, -0.1) is 0 Å². The summed E-state index contributed by atoms with van der Waals surface area (Å²) in [7, 11) is 0. The highest BCUT2D eigenvalue weighted by molar-refractivity contribution is 5.84.